The first kappa shape index (κ1) is 19.0. The molecule has 0 bridgehead atoms. The van der Waals surface area contributed by atoms with Crippen LogP contribution in [0.25, 0.3) is 0 Å². The number of amides is 2. The minimum Gasteiger partial charge on any atom is -0.497 e. The molecule has 0 saturated carbocycles. The van der Waals surface area contributed by atoms with Gasteiger partial charge in [0, 0.05) is 19.1 Å². The van der Waals surface area contributed by atoms with Gasteiger partial charge in [0.2, 0.25) is 11.8 Å². The van der Waals surface area contributed by atoms with Gasteiger partial charge in [-0.2, -0.15) is 0 Å². The van der Waals surface area contributed by atoms with E-state index in [4.69, 9.17) is 16.3 Å². The number of alkyl halides is 1. The number of hydrogen-bond donors (Lipinski definition) is 1. The van der Waals surface area contributed by atoms with Crippen molar-refractivity contribution in [1.29, 1.82) is 0 Å². The fraction of sp³-hybridized carbons (Fsp3) is 0.600. The van der Waals surface area contributed by atoms with Crippen LogP contribution in [0, 0.1) is 5.92 Å². The summed E-state index contributed by atoms with van der Waals surface area (Å²) >= 11 is 5.56. The number of rotatable bonds is 5. The SMILES string of the molecule is COc1ccc2c(c1)CCC2C(=O)N1CCC(C(C)NC(=O)CCl)CC1. The summed E-state index contributed by atoms with van der Waals surface area (Å²) in [6.45, 7) is 3.53. The van der Waals surface area contributed by atoms with Gasteiger partial charge >= 0.3 is 0 Å². The largest absolute Gasteiger partial charge is 0.497 e. The molecule has 1 aliphatic carbocycles. The number of carbonyl (C=O) groups is 2. The van der Waals surface area contributed by atoms with Gasteiger partial charge in [0.1, 0.15) is 11.6 Å². The maximum atomic E-state index is 13.0. The lowest BCUT2D eigenvalue weighted by atomic mass is 9.89. The monoisotopic (exact) mass is 378 g/mol. The first-order valence-corrected chi connectivity index (χ1v) is 9.88. The lowest BCUT2D eigenvalue weighted by Crippen LogP contribution is -2.46. The van der Waals surface area contributed by atoms with Gasteiger partial charge in [-0.25, -0.2) is 0 Å². The molecule has 1 aromatic rings. The van der Waals surface area contributed by atoms with Gasteiger partial charge in [0.15, 0.2) is 0 Å². The quantitative estimate of drug-likeness (QED) is 0.801. The molecular weight excluding hydrogens is 352 g/mol. The Morgan fingerprint density at radius 2 is 2.04 bits per heavy atom. The number of nitrogens with zero attached hydrogens (tertiary/aromatic N) is 1. The lowest BCUT2D eigenvalue weighted by molar-refractivity contribution is -0.134. The number of hydrogen-bond acceptors (Lipinski definition) is 3. The van der Waals surface area contributed by atoms with Crippen molar-refractivity contribution in [3.63, 3.8) is 0 Å². The molecule has 1 aromatic carbocycles. The summed E-state index contributed by atoms with van der Waals surface area (Å²) in [4.78, 5) is 26.5. The van der Waals surface area contributed by atoms with Crippen molar-refractivity contribution in [3.05, 3.63) is 29.3 Å². The highest BCUT2D eigenvalue weighted by molar-refractivity contribution is 6.27. The van der Waals surface area contributed by atoms with E-state index in [2.05, 4.69) is 11.4 Å². The molecule has 3 rings (SSSR count). The third-order valence-corrected chi connectivity index (χ3v) is 6.04. The van der Waals surface area contributed by atoms with Crippen LogP contribution in [-0.4, -0.2) is 48.8 Å². The van der Waals surface area contributed by atoms with Crippen LogP contribution < -0.4 is 10.1 Å². The van der Waals surface area contributed by atoms with E-state index in [9.17, 15) is 9.59 Å². The van der Waals surface area contributed by atoms with Crippen LogP contribution >= 0.6 is 11.6 Å². The fourth-order valence-electron chi connectivity index (χ4n) is 4.23. The van der Waals surface area contributed by atoms with E-state index in [-0.39, 0.29) is 29.7 Å². The van der Waals surface area contributed by atoms with Crippen LogP contribution in [0.1, 0.15) is 43.2 Å². The second kappa shape index (κ2) is 8.30. The molecule has 0 spiro atoms. The van der Waals surface area contributed by atoms with Gasteiger partial charge in [-0.1, -0.05) is 6.07 Å². The molecule has 1 fully saturated rings. The molecule has 0 aromatic heterocycles. The van der Waals surface area contributed by atoms with Crippen molar-refractivity contribution < 1.29 is 14.3 Å². The summed E-state index contributed by atoms with van der Waals surface area (Å²) in [5, 5.41) is 2.94. The summed E-state index contributed by atoms with van der Waals surface area (Å²) in [5.41, 5.74) is 2.38. The standard InChI is InChI=1S/C20H27ClN2O3/c1-13(22-19(24)12-21)14-7-9-23(10-8-14)20(25)18-5-3-15-11-16(26-2)4-6-17(15)18/h4,6,11,13-14,18H,3,5,7-10,12H2,1-2H3,(H,22,24). The normalized spacial score (nSPS) is 21.2. The van der Waals surface area contributed by atoms with Crippen molar-refractivity contribution in [2.75, 3.05) is 26.1 Å². The first-order chi connectivity index (χ1) is 12.5. The molecule has 142 valence electrons. The van der Waals surface area contributed by atoms with Gasteiger partial charge in [-0.3, -0.25) is 9.59 Å². The number of likely N-dealkylation sites (tertiary alicyclic amines) is 1. The molecule has 26 heavy (non-hydrogen) atoms. The molecule has 6 heteroatoms. The molecule has 2 atom stereocenters. The van der Waals surface area contributed by atoms with E-state index in [1.807, 2.05) is 24.0 Å². The van der Waals surface area contributed by atoms with Crippen LogP contribution in [0.3, 0.4) is 0 Å². The van der Waals surface area contributed by atoms with Crippen molar-refractivity contribution in [2.45, 2.75) is 44.6 Å². The van der Waals surface area contributed by atoms with Crippen LogP contribution in [0.4, 0.5) is 0 Å². The molecule has 1 saturated heterocycles. The minimum absolute atomic E-state index is 0.00640. The van der Waals surface area contributed by atoms with Crippen molar-refractivity contribution in [3.8, 4) is 5.75 Å². The second-order valence-electron chi connectivity index (χ2n) is 7.31. The summed E-state index contributed by atoms with van der Waals surface area (Å²) in [6, 6.07) is 6.13. The van der Waals surface area contributed by atoms with E-state index in [1.165, 1.54) is 5.56 Å². The van der Waals surface area contributed by atoms with Crippen molar-refractivity contribution in [1.82, 2.24) is 10.2 Å². The second-order valence-corrected chi connectivity index (χ2v) is 7.58. The Morgan fingerprint density at radius 1 is 1.31 bits per heavy atom. The van der Waals surface area contributed by atoms with Gasteiger partial charge in [0.25, 0.3) is 0 Å². The number of fused-ring (bicyclic) bond motifs is 1. The molecule has 5 nitrogen and oxygen atoms in total. The number of ether oxygens (including phenoxy) is 1. The molecule has 2 unspecified atom stereocenters. The van der Waals surface area contributed by atoms with E-state index < -0.39 is 0 Å². The molecule has 0 radical (unpaired) electrons. The van der Waals surface area contributed by atoms with Gasteiger partial charge in [0.05, 0.1) is 13.0 Å². The summed E-state index contributed by atoms with van der Waals surface area (Å²) < 4.78 is 5.29. The average molecular weight is 379 g/mol. The summed E-state index contributed by atoms with van der Waals surface area (Å²) in [7, 11) is 1.67. The van der Waals surface area contributed by atoms with Crippen LogP contribution in [0.5, 0.6) is 5.75 Å². The number of benzene rings is 1. The van der Waals surface area contributed by atoms with Gasteiger partial charge in [-0.05, 0) is 61.8 Å². The highest BCUT2D eigenvalue weighted by Crippen LogP contribution is 2.37. The number of methoxy groups -OCH3 is 1. The number of piperidine rings is 1. The molecule has 1 aliphatic heterocycles. The zero-order chi connectivity index (χ0) is 18.7. The molecule has 1 N–H and O–H groups in total. The molecule has 2 amide bonds. The van der Waals surface area contributed by atoms with Crippen LogP contribution in [-0.2, 0) is 16.0 Å². The Balaban J connectivity index is 1.58. The van der Waals surface area contributed by atoms with E-state index in [1.54, 1.807) is 7.11 Å². The summed E-state index contributed by atoms with van der Waals surface area (Å²) in [6.07, 6.45) is 3.64. The minimum atomic E-state index is -0.129. The molecule has 2 aliphatic rings. The lowest BCUT2D eigenvalue weighted by Gasteiger charge is -2.36. The van der Waals surface area contributed by atoms with Crippen LogP contribution in [0.15, 0.2) is 18.2 Å². The van der Waals surface area contributed by atoms with E-state index in [0.717, 1.165) is 50.1 Å². The number of nitrogens with one attached hydrogen (secondary N) is 1. The maximum Gasteiger partial charge on any atom is 0.235 e. The van der Waals surface area contributed by atoms with Crippen molar-refractivity contribution in [2.24, 2.45) is 5.92 Å². The number of halogens is 1. The Hall–Kier alpha value is -1.75. The summed E-state index contributed by atoms with van der Waals surface area (Å²) in [5.74, 6) is 1.33. The third-order valence-electron chi connectivity index (χ3n) is 5.79. The predicted molar refractivity (Wildman–Crippen MR) is 102 cm³/mol. The maximum absolute atomic E-state index is 13.0. The smallest absolute Gasteiger partial charge is 0.235 e. The topological polar surface area (TPSA) is 58.6 Å². The molecule has 1 heterocycles. The number of aryl methyl sites for hydroxylation is 1. The Kier molecular flexibility index (Phi) is 6.07. The Morgan fingerprint density at radius 3 is 2.69 bits per heavy atom. The third kappa shape index (κ3) is 3.98. The highest BCUT2D eigenvalue weighted by Gasteiger charge is 2.34. The Bertz CT molecular complexity index is 671. The average Bonchev–Trinajstić information content (AvgIpc) is 3.10. The predicted octanol–water partition coefficient (Wildman–Crippen LogP) is 2.71. The van der Waals surface area contributed by atoms with Crippen molar-refractivity contribution >= 4 is 23.4 Å². The molecular formula is C20H27ClN2O3. The highest BCUT2D eigenvalue weighted by atomic mass is 35.5. The van der Waals surface area contributed by atoms with E-state index in [0.29, 0.717) is 5.92 Å². The van der Waals surface area contributed by atoms with Crippen LogP contribution in [0.2, 0.25) is 0 Å². The zero-order valence-corrected chi connectivity index (χ0v) is 16.2. The Labute approximate surface area is 160 Å². The van der Waals surface area contributed by atoms with Gasteiger partial charge < -0.3 is 15.0 Å². The fourth-order valence-corrected chi connectivity index (χ4v) is 4.31. The van der Waals surface area contributed by atoms with E-state index >= 15 is 0 Å². The first-order valence-electron chi connectivity index (χ1n) is 9.34. The zero-order valence-electron chi connectivity index (χ0n) is 15.5. The number of carbonyl (C=O) groups excluding carboxylic acids is 2. The van der Waals surface area contributed by atoms with Gasteiger partial charge in [-0.15, -0.1) is 11.6 Å².